The molecule has 0 radical (unpaired) electrons. The van der Waals surface area contributed by atoms with Crippen LogP contribution in [0, 0.1) is 0 Å². The predicted molar refractivity (Wildman–Crippen MR) is 95.1 cm³/mol. The Hall–Kier alpha value is -2.49. The molecule has 1 aliphatic heterocycles. The Morgan fingerprint density at radius 1 is 0.957 bits per heavy atom. The number of benzene rings is 2. The second-order valence-corrected chi connectivity index (χ2v) is 5.75. The normalized spacial score (nSPS) is 14.7. The summed E-state index contributed by atoms with van der Waals surface area (Å²) in [6.07, 6.45) is 0.915. The number of anilines is 2. The molecule has 2 aromatic carbocycles. The van der Waals surface area contributed by atoms with E-state index in [0.717, 1.165) is 38.3 Å². The highest BCUT2D eigenvalue weighted by molar-refractivity contribution is 5.90. The van der Waals surface area contributed by atoms with Crippen molar-refractivity contribution in [2.24, 2.45) is 0 Å². The van der Waals surface area contributed by atoms with Gasteiger partial charge >= 0.3 is 6.03 Å². The van der Waals surface area contributed by atoms with Crippen LogP contribution in [0.5, 0.6) is 0 Å². The maximum atomic E-state index is 12.5. The summed E-state index contributed by atoms with van der Waals surface area (Å²) in [4.78, 5) is 16.7. The molecule has 1 fully saturated rings. The van der Waals surface area contributed by atoms with E-state index in [-0.39, 0.29) is 6.03 Å². The molecule has 0 atom stereocenters. The molecule has 23 heavy (non-hydrogen) atoms. The number of urea groups is 1. The molecule has 1 N–H and O–H groups in total. The summed E-state index contributed by atoms with van der Waals surface area (Å²) in [6, 6.07) is 18.4. The molecule has 2 amide bonds. The molecule has 1 saturated heterocycles. The lowest BCUT2D eigenvalue weighted by molar-refractivity contribution is 0.208. The second kappa shape index (κ2) is 7.18. The molecule has 1 heterocycles. The molecule has 0 spiro atoms. The van der Waals surface area contributed by atoms with Gasteiger partial charge in [0, 0.05) is 37.6 Å². The number of nitrogens with one attached hydrogen (secondary N) is 1. The van der Waals surface area contributed by atoms with Crippen molar-refractivity contribution in [2.75, 3.05) is 36.4 Å². The van der Waals surface area contributed by atoms with Crippen molar-refractivity contribution >= 4 is 17.4 Å². The van der Waals surface area contributed by atoms with Crippen LogP contribution >= 0.6 is 0 Å². The highest BCUT2D eigenvalue weighted by Crippen LogP contribution is 2.18. The first kappa shape index (κ1) is 15.4. The topological polar surface area (TPSA) is 35.6 Å². The number of hydrogen-bond acceptors (Lipinski definition) is 2. The third kappa shape index (κ3) is 3.65. The van der Waals surface area contributed by atoms with E-state index in [1.165, 1.54) is 11.3 Å². The lowest BCUT2D eigenvalue weighted by Crippen LogP contribution is -2.50. The molecule has 0 saturated carbocycles. The highest BCUT2D eigenvalue weighted by Gasteiger charge is 2.21. The molecule has 120 valence electrons. The molecule has 0 unspecified atom stereocenters. The zero-order valence-electron chi connectivity index (χ0n) is 13.5. The SMILES string of the molecule is CCc1ccccc1NC(=O)N1CCN(c2ccccc2)CC1. The monoisotopic (exact) mass is 309 g/mol. The average molecular weight is 309 g/mol. The maximum absolute atomic E-state index is 12.5. The summed E-state index contributed by atoms with van der Waals surface area (Å²) in [5.41, 5.74) is 3.32. The number of hydrogen-bond donors (Lipinski definition) is 1. The first-order valence-electron chi connectivity index (χ1n) is 8.21. The third-order valence-corrected chi connectivity index (χ3v) is 4.33. The van der Waals surface area contributed by atoms with Gasteiger partial charge in [-0.1, -0.05) is 43.3 Å². The van der Waals surface area contributed by atoms with Crippen LogP contribution in [-0.4, -0.2) is 37.1 Å². The van der Waals surface area contributed by atoms with Crippen LogP contribution < -0.4 is 10.2 Å². The van der Waals surface area contributed by atoms with E-state index in [9.17, 15) is 4.79 Å². The number of piperazine rings is 1. The van der Waals surface area contributed by atoms with Crippen molar-refractivity contribution in [1.82, 2.24) is 4.90 Å². The maximum Gasteiger partial charge on any atom is 0.321 e. The van der Waals surface area contributed by atoms with Crippen molar-refractivity contribution in [3.8, 4) is 0 Å². The van der Waals surface area contributed by atoms with Crippen LogP contribution in [0.15, 0.2) is 54.6 Å². The number of para-hydroxylation sites is 2. The molecular formula is C19H23N3O. The zero-order valence-corrected chi connectivity index (χ0v) is 13.5. The van der Waals surface area contributed by atoms with E-state index >= 15 is 0 Å². The molecule has 1 aliphatic rings. The summed E-state index contributed by atoms with van der Waals surface area (Å²) < 4.78 is 0. The van der Waals surface area contributed by atoms with Gasteiger partial charge < -0.3 is 15.1 Å². The number of amides is 2. The molecule has 4 nitrogen and oxygen atoms in total. The number of nitrogens with zero attached hydrogens (tertiary/aromatic N) is 2. The fourth-order valence-electron chi connectivity index (χ4n) is 2.95. The zero-order chi connectivity index (χ0) is 16.1. The van der Waals surface area contributed by atoms with Gasteiger partial charge in [-0.2, -0.15) is 0 Å². The fraction of sp³-hybridized carbons (Fsp3) is 0.316. The van der Waals surface area contributed by atoms with Crippen molar-refractivity contribution in [2.45, 2.75) is 13.3 Å². The Balaban J connectivity index is 1.58. The highest BCUT2D eigenvalue weighted by atomic mass is 16.2. The Bertz CT molecular complexity index is 649. The Morgan fingerprint density at radius 2 is 1.61 bits per heavy atom. The van der Waals surface area contributed by atoms with Crippen LogP contribution in [0.25, 0.3) is 0 Å². The number of carbonyl (C=O) groups is 1. The number of rotatable bonds is 3. The lowest BCUT2D eigenvalue weighted by Gasteiger charge is -2.36. The summed E-state index contributed by atoms with van der Waals surface area (Å²) in [7, 11) is 0. The first-order valence-corrected chi connectivity index (χ1v) is 8.21. The van der Waals surface area contributed by atoms with Crippen molar-refractivity contribution in [1.29, 1.82) is 0 Å². The van der Waals surface area contributed by atoms with Gasteiger partial charge in [-0.25, -0.2) is 4.79 Å². The van der Waals surface area contributed by atoms with Crippen LogP contribution in [0.1, 0.15) is 12.5 Å². The van der Waals surface area contributed by atoms with Gasteiger partial charge in [-0.15, -0.1) is 0 Å². The molecule has 0 aliphatic carbocycles. The molecule has 2 aromatic rings. The summed E-state index contributed by atoms with van der Waals surface area (Å²) in [5, 5.41) is 3.05. The Labute approximate surface area is 137 Å². The summed E-state index contributed by atoms with van der Waals surface area (Å²) in [5.74, 6) is 0. The minimum Gasteiger partial charge on any atom is -0.368 e. The Kier molecular flexibility index (Phi) is 4.81. The lowest BCUT2D eigenvalue weighted by atomic mass is 10.1. The fourth-order valence-corrected chi connectivity index (χ4v) is 2.95. The van der Waals surface area contributed by atoms with Crippen molar-refractivity contribution in [3.63, 3.8) is 0 Å². The van der Waals surface area contributed by atoms with E-state index in [2.05, 4.69) is 47.5 Å². The average Bonchev–Trinajstić information content (AvgIpc) is 2.63. The van der Waals surface area contributed by atoms with Crippen molar-refractivity contribution < 1.29 is 4.79 Å². The quantitative estimate of drug-likeness (QED) is 0.940. The van der Waals surface area contributed by atoms with Crippen LogP contribution in [0.3, 0.4) is 0 Å². The smallest absolute Gasteiger partial charge is 0.321 e. The summed E-state index contributed by atoms with van der Waals surface area (Å²) >= 11 is 0. The minimum atomic E-state index is -0.00129. The van der Waals surface area contributed by atoms with E-state index in [4.69, 9.17) is 0 Å². The second-order valence-electron chi connectivity index (χ2n) is 5.75. The van der Waals surface area contributed by atoms with Crippen LogP contribution in [0.2, 0.25) is 0 Å². The van der Waals surface area contributed by atoms with Crippen LogP contribution in [0.4, 0.5) is 16.2 Å². The van der Waals surface area contributed by atoms with Gasteiger partial charge in [0.15, 0.2) is 0 Å². The van der Waals surface area contributed by atoms with E-state index in [1.54, 1.807) is 0 Å². The Morgan fingerprint density at radius 3 is 2.30 bits per heavy atom. The standard InChI is InChI=1S/C19H23N3O/c1-2-16-8-6-7-11-18(16)20-19(23)22-14-12-21(13-15-22)17-9-4-3-5-10-17/h3-11H,2,12-15H2,1H3,(H,20,23). The van der Waals surface area contributed by atoms with Gasteiger partial charge in [0.05, 0.1) is 0 Å². The number of aryl methyl sites for hydroxylation is 1. The summed E-state index contributed by atoms with van der Waals surface area (Å²) in [6.45, 7) is 5.33. The predicted octanol–water partition coefficient (Wildman–Crippen LogP) is 3.60. The van der Waals surface area contributed by atoms with Gasteiger partial charge in [0.2, 0.25) is 0 Å². The minimum absolute atomic E-state index is 0.00129. The largest absolute Gasteiger partial charge is 0.368 e. The molecular weight excluding hydrogens is 286 g/mol. The van der Waals surface area contributed by atoms with Gasteiger partial charge in [0.25, 0.3) is 0 Å². The van der Waals surface area contributed by atoms with Crippen LogP contribution in [-0.2, 0) is 6.42 Å². The molecule has 3 rings (SSSR count). The third-order valence-electron chi connectivity index (χ3n) is 4.33. The van der Waals surface area contributed by atoms with E-state index < -0.39 is 0 Å². The van der Waals surface area contributed by atoms with Crippen molar-refractivity contribution in [3.05, 3.63) is 60.2 Å². The van der Waals surface area contributed by atoms with Gasteiger partial charge in [-0.05, 0) is 30.2 Å². The van der Waals surface area contributed by atoms with E-state index in [1.807, 2.05) is 29.2 Å². The van der Waals surface area contributed by atoms with E-state index in [0.29, 0.717) is 0 Å². The first-order chi connectivity index (χ1) is 11.3. The molecule has 0 bridgehead atoms. The molecule has 4 heteroatoms. The number of carbonyl (C=O) groups excluding carboxylic acids is 1. The van der Waals surface area contributed by atoms with Gasteiger partial charge in [0.1, 0.15) is 0 Å². The molecule has 0 aromatic heterocycles. The van der Waals surface area contributed by atoms with Gasteiger partial charge in [-0.3, -0.25) is 0 Å².